The number of benzene rings is 3. The summed E-state index contributed by atoms with van der Waals surface area (Å²) in [4.78, 5) is 94.7. The van der Waals surface area contributed by atoms with Gasteiger partial charge < -0.3 is 57.0 Å². The van der Waals surface area contributed by atoms with Gasteiger partial charge in [0.05, 0.1) is 25.2 Å². The van der Waals surface area contributed by atoms with Gasteiger partial charge in [-0.15, -0.1) is 0 Å². The van der Waals surface area contributed by atoms with Gasteiger partial charge in [0.25, 0.3) is 5.91 Å². The third kappa shape index (κ3) is 27.2. The van der Waals surface area contributed by atoms with Gasteiger partial charge in [0.1, 0.15) is 30.2 Å². The summed E-state index contributed by atoms with van der Waals surface area (Å²) in [5.74, 6) is 0.159. The molecule has 4 aliphatic rings. The first-order chi connectivity index (χ1) is 39.3. The van der Waals surface area contributed by atoms with Gasteiger partial charge in [-0.05, 0) is 181 Å². The van der Waals surface area contributed by atoms with Gasteiger partial charge in [-0.25, -0.2) is 8.78 Å². The van der Waals surface area contributed by atoms with E-state index >= 15 is 0 Å². The molecule has 2 aliphatic carbocycles. The Kier molecular flexibility index (Phi) is 35.9. The Morgan fingerprint density at radius 2 is 1.31 bits per heavy atom. The number of fused-ring (bicyclic) bond motifs is 2. The summed E-state index contributed by atoms with van der Waals surface area (Å²) in [5, 5.41) is 16.9. The van der Waals surface area contributed by atoms with Crippen LogP contribution in [0.2, 0.25) is 0 Å². The lowest BCUT2D eigenvalue weighted by molar-refractivity contribution is -0.139. The molecule has 7 rings (SSSR count). The van der Waals surface area contributed by atoms with Crippen molar-refractivity contribution in [2.45, 2.75) is 176 Å². The second-order valence-electron chi connectivity index (χ2n) is 22.9. The Labute approximate surface area is 494 Å². The Morgan fingerprint density at radius 1 is 0.759 bits per heavy atom. The number of nitrogens with zero attached hydrogens (tertiary/aromatic N) is 2. The molecule has 0 spiro atoms. The minimum absolute atomic E-state index is 0.00463. The van der Waals surface area contributed by atoms with E-state index in [2.05, 4.69) is 59.6 Å². The Hall–Kier alpha value is -6.44. The van der Waals surface area contributed by atoms with Crippen LogP contribution in [0.4, 0.5) is 8.78 Å². The number of hydrogen-bond donors (Lipinski definition) is 7. The number of hydrogen-bond acceptors (Lipinski definition) is 11. The summed E-state index contributed by atoms with van der Waals surface area (Å²) in [6, 6.07) is 15.1. The average molecular weight is 1160 g/mol. The maximum Gasteiger partial charge on any atom is 0.251 e. The lowest BCUT2D eigenvalue weighted by Crippen LogP contribution is -2.56. The topological polar surface area (TPSA) is 241 Å². The summed E-state index contributed by atoms with van der Waals surface area (Å²) < 4.78 is 26.0. The highest BCUT2D eigenvalue weighted by Gasteiger charge is 2.41. The minimum Gasteiger partial charge on any atom is -0.366 e. The summed E-state index contributed by atoms with van der Waals surface area (Å²) in [6.45, 7) is 24.9. The maximum absolute atomic E-state index is 13.3. The van der Waals surface area contributed by atoms with Gasteiger partial charge in [0.2, 0.25) is 30.0 Å². The minimum atomic E-state index is -0.683. The quantitative estimate of drug-likeness (QED) is 0.0679. The summed E-state index contributed by atoms with van der Waals surface area (Å²) in [5.41, 5.74) is 9.87. The lowest BCUT2D eigenvalue weighted by Gasteiger charge is -2.35. The van der Waals surface area contributed by atoms with Gasteiger partial charge in [-0.1, -0.05) is 80.5 Å². The zero-order chi connectivity index (χ0) is 62.8. The second kappa shape index (κ2) is 39.9. The number of likely N-dealkylation sites (tertiary alicyclic amines) is 2. The molecule has 0 radical (unpaired) electrons. The third-order valence-corrected chi connectivity index (χ3v) is 14.1. The van der Waals surface area contributed by atoms with Crippen LogP contribution >= 0.6 is 0 Å². The zero-order valence-electron chi connectivity index (χ0n) is 52.2. The fourth-order valence-electron chi connectivity index (χ4n) is 9.78. The molecule has 19 heteroatoms. The molecule has 0 bridgehead atoms. The number of nitrogens with one attached hydrogen (secondary N) is 6. The van der Waals surface area contributed by atoms with Crippen molar-refractivity contribution in [1.29, 1.82) is 0 Å². The van der Waals surface area contributed by atoms with E-state index in [1.54, 1.807) is 69.4 Å². The highest BCUT2D eigenvalue weighted by Crippen LogP contribution is 2.38. The molecule has 0 saturated carbocycles. The van der Waals surface area contributed by atoms with Crippen LogP contribution < -0.4 is 37.6 Å². The molecule has 464 valence electrons. The molecule has 8 N–H and O–H groups in total. The molecule has 0 aromatic heterocycles. The van der Waals surface area contributed by atoms with Crippen LogP contribution in [0, 0.1) is 28.9 Å². The van der Waals surface area contributed by atoms with E-state index in [0.717, 1.165) is 86.8 Å². The Balaban J connectivity index is 0.000000556. The average Bonchev–Trinajstić information content (AvgIpc) is 4.28. The van der Waals surface area contributed by atoms with E-state index in [0.29, 0.717) is 49.7 Å². The van der Waals surface area contributed by atoms with Crippen LogP contribution in [0.15, 0.2) is 60.7 Å². The van der Waals surface area contributed by atoms with E-state index < -0.39 is 17.4 Å². The number of carbonyl (C=O) groups excluding carboxylic acids is 8. The monoisotopic (exact) mass is 1160 g/mol. The molecule has 6 amide bonds. The van der Waals surface area contributed by atoms with Crippen molar-refractivity contribution >= 4 is 48.5 Å². The molecular weight excluding hydrogens is 1060 g/mol. The number of primary amides is 1. The number of aryl methyl sites for hydroxylation is 2. The van der Waals surface area contributed by atoms with Crippen molar-refractivity contribution < 1.29 is 47.1 Å². The molecule has 3 aromatic carbocycles. The van der Waals surface area contributed by atoms with Crippen LogP contribution in [-0.2, 0) is 41.6 Å². The number of aldehydes is 2. The molecule has 2 fully saturated rings. The van der Waals surface area contributed by atoms with E-state index in [4.69, 9.17) is 5.73 Å². The van der Waals surface area contributed by atoms with Crippen molar-refractivity contribution in [3.8, 4) is 0 Å². The standard InChI is InChI=1S/C22H33N5O4.C14H17FO.C11H12FNO.C7H14N2O.C4H9NO.C4H10.C2H6/c1-13-9-16(25-20(30)15-8-6-7-14(10-15)19(23)29)12-27(13)21(31)18(22(2,3)4)26-17(28)11-24-5;1-10(7-8-16)13-4-2-3-11-9-12(15)5-6-14(11)13;12-9-4-5-10-8(6-9)2-1-3-11(10)13-7-14;1-8-6-7(10)9-4-2-3-5-9;1-4(3-6)5-2;1-4(2)3;1-2/h6-8,10,13,16,18,24H,9,11-12H2,1-5H3,(H2,23,29)(H,25,30)(H,26,28);5-6,8-10,13H,2-4,7H2,1H3;4-7,11H,1-3H2,(H,13,14);8H,2-6H2,1H3;3-5H,1-2H3;4H,1-3H3;1-2H3. The van der Waals surface area contributed by atoms with Gasteiger partial charge >= 0.3 is 0 Å². The first-order valence-electron chi connectivity index (χ1n) is 29.6. The molecule has 2 saturated heterocycles. The molecule has 7 atom stereocenters. The lowest BCUT2D eigenvalue weighted by atomic mass is 9.75. The molecule has 2 aliphatic heterocycles. The maximum atomic E-state index is 13.3. The fourth-order valence-corrected chi connectivity index (χ4v) is 9.78. The number of halogens is 2. The summed E-state index contributed by atoms with van der Waals surface area (Å²) in [6.07, 6.45) is 12.1. The normalized spacial score (nSPS) is 18.4. The largest absolute Gasteiger partial charge is 0.366 e. The van der Waals surface area contributed by atoms with Gasteiger partial charge in [0.15, 0.2) is 0 Å². The Bertz CT molecular complexity index is 2460. The zero-order valence-corrected chi connectivity index (χ0v) is 52.2. The van der Waals surface area contributed by atoms with Crippen molar-refractivity contribution in [3.63, 3.8) is 0 Å². The van der Waals surface area contributed by atoms with Crippen molar-refractivity contribution in [2.24, 2.45) is 23.0 Å². The van der Waals surface area contributed by atoms with E-state index in [9.17, 15) is 47.1 Å². The molecule has 3 aromatic rings. The van der Waals surface area contributed by atoms with Crippen LogP contribution in [0.25, 0.3) is 0 Å². The third-order valence-electron chi connectivity index (χ3n) is 14.1. The highest BCUT2D eigenvalue weighted by molar-refractivity contribution is 5.99. The van der Waals surface area contributed by atoms with Crippen LogP contribution in [0.3, 0.4) is 0 Å². The number of nitrogens with two attached hydrogens (primary N) is 1. The number of amides is 6. The van der Waals surface area contributed by atoms with Crippen molar-refractivity contribution in [2.75, 3.05) is 53.9 Å². The fraction of sp³-hybridized carbons (Fsp3) is 0.594. The number of carbonyl (C=O) groups is 8. The van der Waals surface area contributed by atoms with Gasteiger partial charge in [0, 0.05) is 49.3 Å². The van der Waals surface area contributed by atoms with Crippen LogP contribution in [0.1, 0.15) is 182 Å². The van der Waals surface area contributed by atoms with Gasteiger partial charge in [-0.2, -0.15) is 0 Å². The smallest absolute Gasteiger partial charge is 0.251 e. The van der Waals surface area contributed by atoms with Crippen molar-refractivity contribution in [3.05, 3.63) is 106 Å². The van der Waals surface area contributed by atoms with E-state index in [1.807, 2.05) is 52.5 Å². The second-order valence-corrected chi connectivity index (χ2v) is 22.9. The number of likely N-dealkylation sites (N-methyl/N-ethyl adjacent to an activating group) is 3. The van der Waals surface area contributed by atoms with E-state index in [-0.39, 0.29) is 71.5 Å². The molecule has 83 heavy (non-hydrogen) atoms. The first kappa shape index (κ1) is 74.6. The predicted molar refractivity (Wildman–Crippen MR) is 327 cm³/mol. The number of rotatable bonds is 16. The van der Waals surface area contributed by atoms with Gasteiger partial charge in [-0.3, -0.25) is 28.8 Å². The molecule has 2 heterocycles. The molecule has 7 unspecified atom stereocenters. The SMILES string of the molecule is CC.CC(C)C.CC(CC=O)C1CCCc2cc(F)ccc21.CNC(C)C=O.CNCC(=O)N1CCCC1.CNCC(=O)NC(C(=O)N1CC(NC(=O)c2cccc(C(N)=O)c2)CC1C)C(C)(C)C.O=CNC1CCCc2cc(F)ccc21. The van der Waals surface area contributed by atoms with E-state index in [1.165, 1.54) is 36.6 Å². The molecular formula is C64H101F2N9O8. The van der Waals surface area contributed by atoms with Crippen LogP contribution in [0.5, 0.6) is 0 Å². The first-order valence-corrected chi connectivity index (χ1v) is 29.6. The van der Waals surface area contributed by atoms with Crippen LogP contribution in [-0.4, -0.2) is 136 Å². The molecule has 17 nitrogen and oxygen atoms in total. The predicted octanol–water partition coefficient (Wildman–Crippen LogP) is 7.98. The summed E-state index contributed by atoms with van der Waals surface area (Å²) in [7, 11) is 5.22. The highest BCUT2D eigenvalue weighted by atomic mass is 19.1. The van der Waals surface area contributed by atoms with Crippen molar-refractivity contribution in [1.82, 2.24) is 41.7 Å². The summed E-state index contributed by atoms with van der Waals surface area (Å²) >= 11 is 0. The Morgan fingerprint density at radius 3 is 1.82 bits per heavy atom.